The molecule has 1 aliphatic heterocycles. The fourth-order valence-electron chi connectivity index (χ4n) is 3.84. The van der Waals surface area contributed by atoms with Crippen LogP contribution in [0.3, 0.4) is 0 Å². The van der Waals surface area contributed by atoms with Gasteiger partial charge in [0.25, 0.3) is 0 Å². The molecule has 1 N–H and O–H groups in total. The highest BCUT2D eigenvalue weighted by atomic mass is 16.2. The number of likely N-dealkylation sites (tertiary alicyclic amines) is 1. The van der Waals surface area contributed by atoms with E-state index in [0.29, 0.717) is 24.3 Å². The van der Waals surface area contributed by atoms with Gasteiger partial charge in [-0.1, -0.05) is 33.6 Å². The second kappa shape index (κ2) is 7.98. The predicted octanol–water partition coefficient (Wildman–Crippen LogP) is 3.11. The summed E-state index contributed by atoms with van der Waals surface area (Å²) in [6, 6.07) is 0.0239. The molecule has 0 spiro atoms. The molecular weight excluding hydrogens is 276 g/mol. The molecule has 22 heavy (non-hydrogen) atoms. The molecule has 1 heterocycles. The lowest BCUT2D eigenvalue weighted by Crippen LogP contribution is -2.54. The zero-order valence-electron chi connectivity index (χ0n) is 14.4. The van der Waals surface area contributed by atoms with Crippen molar-refractivity contribution in [3.8, 4) is 0 Å². The zero-order valence-corrected chi connectivity index (χ0v) is 14.4. The molecule has 2 fully saturated rings. The van der Waals surface area contributed by atoms with Crippen LogP contribution in [0.1, 0.15) is 72.1 Å². The maximum Gasteiger partial charge on any atom is 0.243 e. The van der Waals surface area contributed by atoms with Crippen molar-refractivity contribution >= 4 is 11.8 Å². The van der Waals surface area contributed by atoms with Crippen LogP contribution in [0.4, 0.5) is 0 Å². The third kappa shape index (κ3) is 4.72. The van der Waals surface area contributed by atoms with Crippen molar-refractivity contribution < 1.29 is 9.59 Å². The number of carbonyl (C=O) groups excluding carboxylic acids is 2. The van der Waals surface area contributed by atoms with Gasteiger partial charge in [0.05, 0.1) is 0 Å². The minimum Gasteiger partial charge on any atom is -0.352 e. The van der Waals surface area contributed by atoms with E-state index in [4.69, 9.17) is 0 Å². The number of nitrogens with zero attached hydrogens (tertiary/aromatic N) is 1. The standard InChI is InChI=1S/C18H32N2O2/c1-13(2)11-16(20-10-5-4-9-17(20)21)18(22)19-15-8-6-7-14(3)12-15/h13-16H,4-12H2,1-3H3,(H,19,22). The smallest absolute Gasteiger partial charge is 0.243 e. The highest BCUT2D eigenvalue weighted by Gasteiger charge is 2.33. The molecule has 4 nitrogen and oxygen atoms in total. The minimum absolute atomic E-state index is 0.0723. The number of hydrogen-bond acceptors (Lipinski definition) is 2. The molecule has 1 aliphatic carbocycles. The largest absolute Gasteiger partial charge is 0.352 e. The third-order valence-electron chi connectivity index (χ3n) is 5.02. The molecule has 3 atom stereocenters. The Hall–Kier alpha value is -1.06. The first-order valence-electron chi connectivity index (χ1n) is 9.07. The zero-order chi connectivity index (χ0) is 16.1. The van der Waals surface area contributed by atoms with Crippen molar-refractivity contribution in [2.24, 2.45) is 11.8 Å². The quantitative estimate of drug-likeness (QED) is 0.848. The van der Waals surface area contributed by atoms with E-state index in [0.717, 1.165) is 38.6 Å². The Morgan fingerprint density at radius 1 is 1.27 bits per heavy atom. The molecule has 1 saturated carbocycles. The number of rotatable bonds is 5. The number of nitrogens with one attached hydrogen (secondary N) is 1. The Kier molecular flexibility index (Phi) is 6.27. The Morgan fingerprint density at radius 2 is 2.05 bits per heavy atom. The predicted molar refractivity (Wildman–Crippen MR) is 88.4 cm³/mol. The summed E-state index contributed by atoms with van der Waals surface area (Å²) in [6.07, 6.45) is 7.98. The molecule has 2 aliphatic rings. The summed E-state index contributed by atoms with van der Waals surface area (Å²) in [5.74, 6) is 1.34. The lowest BCUT2D eigenvalue weighted by atomic mass is 9.87. The van der Waals surface area contributed by atoms with E-state index >= 15 is 0 Å². The normalized spacial score (nSPS) is 27.8. The van der Waals surface area contributed by atoms with Crippen molar-refractivity contribution in [2.45, 2.75) is 84.2 Å². The number of carbonyl (C=O) groups is 2. The van der Waals surface area contributed by atoms with Crippen LogP contribution in [0.2, 0.25) is 0 Å². The third-order valence-corrected chi connectivity index (χ3v) is 5.02. The van der Waals surface area contributed by atoms with Gasteiger partial charge in [-0.3, -0.25) is 9.59 Å². The summed E-state index contributed by atoms with van der Waals surface area (Å²) >= 11 is 0. The van der Waals surface area contributed by atoms with Gasteiger partial charge in [0.15, 0.2) is 0 Å². The summed E-state index contributed by atoms with van der Waals surface area (Å²) in [6.45, 7) is 7.25. The first kappa shape index (κ1) is 17.3. The van der Waals surface area contributed by atoms with Gasteiger partial charge < -0.3 is 10.2 Å². The average Bonchev–Trinajstić information content (AvgIpc) is 2.45. The van der Waals surface area contributed by atoms with E-state index < -0.39 is 0 Å². The van der Waals surface area contributed by atoms with Gasteiger partial charge in [-0.2, -0.15) is 0 Å². The topological polar surface area (TPSA) is 49.4 Å². The first-order valence-corrected chi connectivity index (χ1v) is 9.07. The Balaban J connectivity index is 2.00. The van der Waals surface area contributed by atoms with Crippen LogP contribution in [0.15, 0.2) is 0 Å². The summed E-state index contributed by atoms with van der Waals surface area (Å²) in [4.78, 5) is 26.8. The van der Waals surface area contributed by atoms with Crippen molar-refractivity contribution in [1.82, 2.24) is 10.2 Å². The van der Waals surface area contributed by atoms with Gasteiger partial charge in [-0.05, 0) is 43.9 Å². The summed E-state index contributed by atoms with van der Waals surface area (Å²) < 4.78 is 0. The second-order valence-corrected chi connectivity index (χ2v) is 7.67. The van der Waals surface area contributed by atoms with E-state index in [9.17, 15) is 9.59 Å². The molecule has 2 amide bonds. The Bertz CT molecular complexity index is 395. The van der Waals surface area contributed by atoms with Gasteiger partial charge in [-0.25, -0.2) is 0 Å². The maximum atomic E-state index is 12.8. The minimum atomic E-state index is -0.273. The molecule has 0 aromatic carbocycles. The van der Waals surface area contributed by atoms with Crippen molar-refractivity contribution in [2.75, 3.05) is 6.54 Å². The van der Waals surface area contributed by atoms with Crippen molar-refractivity contribution in [1.29, 1.82) is 0 Å². The fraction of sp³-hybridized carbons (Fsp3) is 0.889. The van der Waals surface area contributed by atoms with Gasteiger partial charge >= 0.3 is 0 Å². The molecule has 126 valence electrons. The fourth-order valence-corrected chi connectivity index (χ4v) is 3.84. The molecule has 0 aromatic rings. The molecule has 0 bridgehead atoms. The van der Waals surface area contributed by atoms with Crippen molar-refractivity contribution in [3.05, 3.63) is 0 Å². The van der Waals surface area contributed by atoms with Gasteiger partial charge in [0.1, 0.15) is 6.04 Å². The SMILES string of the molecule is CC(C)CC(C(=O)NC1CCCC(C)C1)N1CCCCC1=O. The Labute approximate surface area is 135 Å². The van der Waals surface area contributed by atoms with Gasteiger partial charge in [0, 0.05) is 19.0 Å². The number of hydrogen-bond donors (Lipinski definition) is 1. The van der Waals surface area contributed by atoms with E-state index in [1.54, 1.807) is 0 Å². The number of piperidine rings is 1. The van der Waals surface area contributed by atoms with Crippen LogP contribution in [0, 0.1) is 11.8 Å². The summed E-state index contributed by atoms with van der Waals surface area (Å²) in [7, 11) is 0. The summed E-state index contributed by atoms with van der Waals surface area (Å²) in [5, 5.41) is 3.24. The van der Waals surface area contributed by atoms with Crippen LogP contribution < -0.4 is 5.32 Å². The van der Waals surface area contributed by atoms with Crippen molar-refractivity contribution in [3.63, 3.8) is 0 Å². The lowest BCUT2D eigenvalue weighted by Gasteiger charge is -2.36. The maximum absolute atomic E-state index is 12.8. The Morgan fingerprint density at radius 3 is 2.68 bits per heavy atom. The van der Waals surface area contributed by atoms with Crippen LogP contribution in [0.25, 0.3) is 0 Å². The number of amides is 2. The van der Waals surface area contributed by atoms with Gasteiger partial charge in [-0.15, -0.1) is 0 Å². The molecule has 2 rings (SSSR count). The molecule has 0 aromatic heterocycles. The van der Waals surface area contributed by atoms with Gasteiger partial charge in [0.2, 0.25) is 11.8 Å². The first-order chi connectivity index (χ1) is 10.5. The molecule has 3 unspecified atom stereocenters. The average molecular weight is 308 g/mol. The monoisotopic (exact) mass is 308 g/mol. The van der Waals surface area contributed by atoms with Crippen LogP contribution in [-0.4, -0.2) is 35.3 Å². The van der Waals surface area contributed by atoms with Crippen LogP contribution >= 0.6 is 0 Å². The molecular formula is C18H32N2O2. The summed E-state index contributed by atoms with van der Waals surface area (Å²) in [5.41, 5.74) is 0. The van der Waals surface area contributed by atoms with E-state index in [-0.39, 0.29) is 17.9 Å². The van der Waals surface area contributed by atoms with E-state index in [1.165, 1.54) is 12.8 Å². The highest BCUT2D eigenvalue weighted by Crippen LogP contribution is 2.25. The second-order valence-electron chi connectivity index (χ2n) is 7.67. The van der Waals surface area contributed by atoms with Crippen LogP contribution in [-0.2, 0) is 9.59 Å². The molecule has 1 saturated heterocycles. The lowest BCUT2D eigenvalue weighted by molar-refractivity contribution is -0.143. The van der Waals surface area contributed by atoms with E-state index in [1.807, 2.05) is 4.90 Å². The highest BCUT2D eigenvalue weighted by molar-refractivity contribution is 5.88. The van der Waals surface area contributed by atoms with E-state index in [2.05, 4.69) is 26.1 Å². The molecule has 0 radical (unpaired) electrons. The van der Waals surface area contributed by atoms with Crippen LogP contribution in [0.5, 0.6) is 0 Å². The molecule has 4 heteroatoms.